The molecule has 0 aliphatic rings. The van der Waals surface area contributed by atoms with Crippen LogP contribution < -0.4 is 0 Å². The standard InChI is InChI=1S/C11H8BrN3O3/c1-18-11(17)10-13-6-15(14-10)9-4-8(12)3-2-7(9)5-16/h2-6H,1H3. The van der Waals surface area contributed by atoms with Crippen molar-refractivity contribution in [2.45, 2.75) is 0 Å². The minimum Gasteiger partial charge on any atom is -0.463 e. The highest BCUT2D eigenvalue weighted by Gasteiger charge is 2.13. The summed E-state index contributed by atoms with van der Waals surface area (Å²) in [5, 5.41) is 3.95. The van der Waals surface area contributed by atoms with Crippen LogP contribution in [0.2, 0.25) is 0 Å². The number of esters is 1. The van der Waals surface area contributed by atoms with Gasteiger partial charge in [-0.1, -0.05) is 15.9 Å². The molecule has 0 spiro atoms. The van der Waals surface area contributed by atoms with Gasteiger partial charge in [-0.25, -0.2) is 14.5 Å². The van der Waals surface area contributed by atoms with Gasteiger partial charge < -0.3 is 4.74 Å². The smallest absolute Gasteiger partial charge is 0.377 e. The number of hydrogen-bond donors (Lipinski definition) is 0. The average molecular weight is 310 g/mol. The van der Waals surface area contributed by atoms with E-state index in [-0.39, 0.29) is 5.82 Å². The maximum atomic E-state index is 11.2. The molecule has 0 radical (unpaired) electrons. The normalized spacial score (nSPS) is 10.1. The van der Waals surface area contributed by atoms with Crippen LogP contribution in [0.4, 0.5) is 0 Å². The van der Waals surface area contributed by atoms with Gasteiger partial charge in [-0.15, -0.1) is 5.10 Å². The molecular formula is C11H8BrN3O3. The molecule has 6 nitrogen and oxygen atoms in total. The summed E-state index contributed by atoms with van der Waals surface area (Å²) in [6.45, 7) is 0. The van der Waals surface area contributed by atoms with Crippen molar-refractivity contribution >= 4 is 28.2 Å². The van der Waals surface area contributed by atoms with Gasteiger partial charge in [-0.05, 0) is 18.2 Å². The molecule has 0 bridgehead atoms. The monoisotopic (exact) mass is 309 g/mol. The molecule has 1 aromatic heterocycles. The lowest BCUT2D eigenvalue weighted by atomic mass is 10.2. The summed E-state index contributed by atoms with van der Waals surface area (Å²) in [6, 6.07) is 5.09. The number of halogens is 1. The van der Waals surface area contributed by atoms with Crippen molar-refractivity contribution in [1.82, 2.24) is 14.8 Å². The summed E-state index contributed by atoms with van der Waals surface area (Å²) in [6.07, 6.45) is 2.06. The maximum Gasteiger partial charge on any atom is 0.377 e. The van der Waals surface area contributed by atoms with E-state index in [4.69, 9.17) is 0 Å². The van der Waals surface area contributed by atoms with E-state index < -0.39 is 5.97 Å². The first-order chi connectivity index (χ1) is 8.65. The Morgan fingerprint density at radius 2 is 2.28 bits per heavy atom. The van der Waals surface area contributed by atoms with E-state index in [2.05, 4.69) is 30.7 Å². The highest BCUT2D eigenvalue weighted by atomic mass is 79.9. The third kappa shape index (κ3) is 2.30. The summed E-state index contributed by atoms with van der Waals surface area (Å²) >= 11 is 3.30. The molecule has 7 heteroatoms. The van der Waals surface area contributed by atoms with Crippen molar-refractivity contribution in [1.29, 1.82) is 0 Å². The van der Waals surface area contributed by atoms with Crippen LogP contribution in [0.5, 0.6) is 0 Å². The first-order valence-electron chi connectivity index (χ1n) is 4.91. The topological polar surface area (TPSA) is 74.1 Å². The average Bonchev–Trinajstić information content (AvgIpc) is 2.87. The lowest BCUT2D eigenvalue weighted by molar-refractivity contribution is 0.0587. The van der Waals surface area contributed by atoms with E-state index >= 15 is 0 Å². The third-order valence-electron chi connectivity index (χ3n) is 2.23. The molecule has 2 rings (SSSR count). The molecule has 0 amide bonds. The number of nitrogens with zero attached hydrogens (tertiary/aromatic N) is 3. The van der Waals surface area contributed by atoms with Crippen LogP contribution in [-0.2, 0) is 4.74 Å². The van der Waals surface area contributed by atoms with Gasteiger partial charge in [0.2, 0.25) is 0 Å². The minimum absolute atomic E-state index is 0.0608. The molecule has 0 atom stereocenters. The van der Waals surface area contributed by atoms with Crippen LogP contribution in [-0.4, -0.2) is 34.1 Å². The zero-order valence-corrected chi connectivity index (χ0v) is 10.9. The summed E-state index contributed by atoms with van der Waals surface area (Å²) in [7, 11) is 1.25. The van der Waals surface area contributed by atoms with Crippen molar-refractivity contribution in [2.24, 2.45) is 0 Å². The van der Waals surface area contributed by atoms with Crippen LogP contribution in [0.15, 0.2) is 29.0 Å². The van der Waals surface area contributed by atoms with E-state index in [9.17, 15) is 9.59 Å². The molecule has 0 N–H and O–H groups in total. The zero-order chi connectivity index (χ0) is 13.1. The Hall–Kier alpha value is -2.02. The summed E-state index contributed by atoms with van der Waals surface area (Å²) < 4.78 is 6.65. The van der Waals surface area contributed by atoms with E-state index in [1.54, 1.807) is 18.2 Å². The largest absolute Gasteiger partial charge is 0.463 e. The Labute approximate surface area is 111 Å². The molecule has 1 aromatic carbocycles. The Balaban J connectivity index is 2.48. The van der Waals surface area contributed by atoms with Gasteiger partial charge in [-0.2, -0.15) is 0 Å². The van der Waals surface area contributed by atoms with Gasteiger partial charge in [-0.3, -0.25) is 4.79 Å². The van der Waals surface area contributed by atoms with Crippen molar-refractivity contribution in [3.05, 3.63) is 40.4 Å². The van der Waals surface area contributed by atoms with Gasteiger partial charge in [0.05, 0.1) is 12.8 Å². The Morgan fingerprint density at radius 1 is 1.50 bits per heavy atom. The second-order valence-electron chi connectivity index (χ2n) is 3.33. The fourth-order valence-corrected chi connectivity index (χ4v) is 1.73. The van der Waals surface area contributed by atoms with Crippen LogP contribution in [0.1, 0.15) is 21.0 Å². The number of carbonyl (C=O) groups is 2. The Bertz CT molecular complexity index is 609. The number of methoxy groups -OCH3 is 1. The summed E-state index contributed by atoms with van der Waals surface area (Å²) in [5.41, 5.74) is 0.974. The summed E-state index contributed by atoms with van der Waals surface area (Å²) in [5.74, 6) is -0.689. The van der Waals surface area contributed by atoms with E-state index in [0.29, 0.717) is 17.5 Å². The first-order valence-corrected chi connectivity index (χ1v) is 5.70. The molecule has 0 saturated heterocycles. The van der Waals surface area contributed by atoms with Crippen molar-refractivity contribution < 1.29 is 14.3 Å². The van der Waals surface area contributed by atoms with E-state index in [0.717, 1.165) is 4.47 Å². The second-order valence-corrected chi connectivity index (χ2v) is 4.24. The molecular weight excluding hydrogens is 302 g/mol. The van der Waals surface area contributed by atoms with Crippen molar-refractivity contribution in [2.75, 3.05) is 7.11 Å². The second kappa shape index (κ2) is 5.09. The molecule has 0 saturated carbocycles. The highest BCUT2D eigenvalue weighted by Crippen LogP contribution is 2.18. The lowest BCUT2D eigenvalue weighted by Crippen LogP contribution is -2.06. The molecule has 0 aliphatic carbocycles. The van der Waals surface area contributed by atoms with Crippen LogP contribution in [0.3, 0.4) is 0 Å². The first kappa shape index (κ1) is 12.4. The van der Waals surface area contributed by atoms with Crippen LogP contribution in [0.25, 0.3) is 5.69 Å². The van der Waals surface area contributed by atoms with Crippen molar-refractivity contribution in [3.8, 4) is 5.69 Å². The lowest BCUT2D eigenvalue weighted by Gasteiger charge is -2.04. The molecule has 0 fully saturated rings. The number of benzene rings is 1. The van der Waals surface area contributed by atoms with Crippen LogP contribution in [0, 0.1) is 0 Å². The predicted molar refractivity (Wildman–Crippen MR) is 65.8 cm³/mol. The summed E-state index contributed by atoms with van der Waals surface area (Å²) in [4.78, 5) is 26.0. The quantitative estimate of drug-likeness (QED) is 0.636. The molecule has 18 heavy (non-hydrogen) atoms. The predicted octanol–water partition coefficient (Wildman–Crippen LogP) is 1.63. The Morgan fingerprint density at radius 3 is 2.94 bits per heavy atom. The molecule has 0 unspecified atom stereocenters. The fraction of sp³-hybridized carbons (Fsp3) is 0.0909. The van der Waals surface area contributed by atoms with E-state index in [1.165, 1.54) is 18.1 Å². The number of rotatable bonds is 3. The number of ether oxygens (including phenoxy) is 1. The zero-order valence-electron chi connectivity index (χ0n) is 9.33. The minimum atomic E-state index is -0.628. The maximum absolute atomic E-state index is 11.2. The Kier molecular flexibility index (Phi) is 3.52. The number of aldehydes is 1. The molecule has 0 aliphatic heterocycles. The van der Waals surface area contributed by atoms with Gasteiger partial charge in [0, 0.05) is 10.0 Å². The van der Waals surface area contributed by atoms with Gasteiger partial charge in [0.1, 0.15) is 6.33 Å². The molecule has 2 aromatic rings. The molecule has 92 valence electrons. The molecule has 1 heterocycles. The van der Waals surface area contributed by atoms with Gasteiger partial charge in [0.25, 0.3) is 5.82 Å². The third-order valence-corrected chi connectivity index (χ3v) is 2.72. The highest BCUT2D eigenvalue weighted by molar-refractivity contribution is 9.10. The van der Waals surface area contributed by atoms with Crippen LogP contribution >= 0.6 is 15.9 Å². The van der Waals surface area contributed by atoms with E-state index in [1.807, 2.05) is 0 Å². The van der Waals surface area contributed by atoms with Gasteiger partial charge in [0.15, 0.2) is 6.29 Å². The van der Waals surface area contributed by atoms with Gasteiger partial charge >= 0.3 is 5.97 Å². The number of aromatic nitrogens is 3. The number of carbonyl (C=O) groups excluding carboxylic acids is 2. The van der Waals surface area contributed by atoms with Crippen molar-refractivity contribution in [3.63, 3.8) is 0 Å². The number of hydrogen-bond acceptors (Lipinski definition) is 5. The SMILES string of the molecule is COC(=O)c1ncn(-c2cc(Br)ccc2C=O)n1. The fourth-order valence-electron chi connectivity index (χ4n) is 1.38.